The Bertz CT molecular complexity index is 813. The number of rotatable bonds is 8. The minimum atomic E-state index is -0.230. The normalized spacial score (nSPS) is 16.0. The van der Waals surface area contributed by atoms with Gasteiger partial charge >= 0.3 is 0 Å². The van der Waals surface area contributed by atoms with Crippen LogP contribution in [0.1, 0.15) is 23.9 Å². The predicted molar refractivity (Wildman–Crippen MR) is 129 cm³/mol. The third-order valence-corrected chi connectivity index (χ3v) is 4.71. The standard InChI is InChI=1S/C21H29N5O3.HI/c1-3-22-21(24-12-11-23-20(27)19-9-6-14-29-19)25-16-10-13-26(15-16)17-7-4-5-8-18(17)28-2;/h4-9,14,16H,3,10-13,15H2,1-2H3,(H,23,27)(H2,22,24,25);1H. The lowest BCUT2D eigenvalue weighted by Crippen LogP contribution is -2.45. The first-order valence-electron chi connectivity index (χ1n) is 9.95. The van der Waals surface area contributed by atoms with Gasteiger partial charge in [-0.3, -0.25) is 9.79 Å². The number of benzene rings is 1. The zero-order chi connectivity index (χ0) is 20.5. The molecule has 1 aromatic carbocycles. The van der Waals surface area contributed by atoms with E-state index in [4.69, 9.17) is 9.15 Å². The fourth-order valence-corrected chi connectivity index (χ4v) is 3.33. The molecule has 2 aromatic rings. The minimum absolute atomic E-state index is 0. The Morgan fingerprint density at radius 3 is 2.83 bits per heavy atom. The Morgan fingerprint density at radius 2 is 2.10 bits per heavy atom. The van der Waals surface area contributed by atoms with Crippen molar-refractivity contribution in [1.82, 2.24) is 16.0 Å². The van der Waals surface area contributed by atoms with Crippen molar-refractivity contribution < 1.29 is 13.9 Å². The van der Waals surface area contributed by atoms with E-state index in [0.717, 1.165) is 43.5 Å². The summed E-state index contributed by atoms with van der Waals surface area (Å²) in [5, 5.41) is 9.56. The van der Waals surface area contributed by atoms with Crippen molar-refractivity contribution in [3.63, 3.8) is 0 Å². The molecule has 1 aromatic heterocycles. The maximum Gasteiger partial charge on any atom is 0.287 e. The zero-order valence-corrected chi connectivity index (χ0v) is 19.7. The number of ether oxygens (including phenoxy) is 1. The minimum Gasteiger partial charge on any atom is -0.495 e. The number of hydrogen-bond donors (Lipinski definition) is 3. The van der Waals surface area contributed by atoms with Gasteiger partial charge in [-0.2, -0.15) is 0 Å². The van der Waals surface area contributed by atoms with Crippen LogP contribution in [-0.2, 0) is 0 Å². The van der Waals surface area contributed by atoms with Gasteiger partial charge in [0.25, 0.3) is 5.91 Å². The highest BCUT2D eigenvalue weighted by Crippen LogP contribution is 2.30. The molecule has 0 radical (unpaired) electrons. The molecule has 3 N–H and O–H groups in total. The number of carbonyl (C=O) groups is 1. The summed E-state index contributed by atoms with van der Waals surface area (Å²) in [6, 6.07) is 11.7. The lowest BCUT2D eigenvalue weighted by molar-refractivity contribution is 0.0927. The van der Waals surface area contributed by atoms with E-state index in [1.807, 2.05) is 25.1 Å². The van der Waals surface area contributed by atoms with Crippen molar-refractivity contribution in [1.29, 1.82) is 0 Å². The second-order valence-electron chi connectivity index (χ2n) is 6.74. The zero-order valence-electron chi connectivity index (χ0n) is 17.4. The molecule has 1 unspecified atom stereocenters. The van der Waals surface area contributed by atoms with Crippen molar-refractivity contribution in [2.45, 2.75) is 19.4 Å². The molecule has 1 saturated heterocycles. The summed E-state index contributed by atoms with van der Waals surface area (Å²) < 4.78 is 10.6. The van der Waals surface area contributed by atoms with Crippen LogP contribution >= 0.6 is 24.0 Å². The molecule has 0 saturated carbocycles. The largest absolute Gasteiger partial charge is 0.495 e. The smallest absolute Gasteiger partial charge is 0.287 e. The van der Waals surface area contributed by atoms with Crippen molar-refractivity contribution in [3.05, 3.63) is 48.4 Å². The molecule has 8 nitrogen and oxygen atoms in total. The number of nitrogens with zero attached hydrogens (tertiary/aromatic N) is 2. The summed E-state index contributed by atoms with van der Waals surface area (Å²) in [5.41, 5.74) is 1.11. The third-order valence-electron chi connectivity index (χ3n) is 4.71. The van der Waals surface area contributed by atoms with E-state index < -0.39 is 0 Å². The molecule has 2 heterocycles. The predicted octanol–water partition coefficient (Wildman–Crippen LogP) is 2.47. The van der Waals surface area contributed by atoms with Crippen LogP contribution in [0.3, 0.4) is 0 Å². The van der Waals surface area contributed by atoms with Crippen LogP contribution in [0.25, 0.3) is 0 Å². The molecule has 1 atom stereocenters. The van der Waals surface area contributed by atoms with Gasteiger partial charge in [-0.15, -0.1) is 24.0 Å². The molecular weight excluding hydrogens is 497 g/mol. The van der Waals surface area contributed by atoms with Crippen molar-refractivity contribution in [3.8, 4) is 5.75 Å². The summed E-state index contributed by atoms with van der Waals surface area (Å²) in [6.07, 6.45) is 2.49. The van der Waals surface area contributed by atoms with E-state index >= 15 is 0 Å². The Hall–Kier alpha value is -2.43. The molecule has 1 aliphatic heterocycles. The molecule has 9 heteroatoms. The van der Waals surface area contributed by atoms with E-state index in [9.17, 15) is 4.79 Å². The van der Waals surface area contributed by atoms with Crippen LogP contribution in [0.5, 0.6) is 5.75 Å². The summed E-state index contributed by atoms with van der Waals surface area (Å²) >= 11 is 0. The lowest BCUT2D eigenvalue weighted by atomic mass is 10.2. The fourth-order valence-electron chi connectivity index (χ4n) is 3.33. The molecule has 1 amide bonds. The first-order chi connectivity index (χ1) is 14.2. The number of nitrogens with one attached hydrogen (secondary N) is 3. The SMILES string of the molecule is CCNC(=NCCNC(=O)c1ccco1)NC1CCN(c2ccccc2OC)C1.I. The van der Waals surface area contributed by atoms with E-state index in [-0.39, 0.29) is 35.9 Å². The van der Waals surface area contributed by atoms with Gasteiger partial charge in [-0.05, 0) is 37.6 Å². The van der Waals surface area contributed by atoms with E-state index in [1.165, 1.54) is 6.26 Å². The molecule has 0 bridgehead atoms. The van der Waals surface area contributed by atoms with Gasteiger partial charge in [-0.1, -0.05) is 12.1 Å². The van der Waals surface area contributed by atoms with E-state index in [2.05, 4.69) is 31.9 Å². The monoisotopic (exact) mass is 527 g/mol. The van der Waals surface area contributed by atoms with Gasteiger partial charge in [0.2, 0.25) is 0 Å². The molecule has 30 heavy (non-hydrogen) atoms. The first-order valence-corrected chi connectivity index (χ1v) is 9.95. The van der Waals surface area contributed by atoms with Crippen LogP contribution in [-0.4, -0.2) is 57.7 Å². The Kier molecular flexibility index (Phi) is 9.78. The second-order valence-corrected chi connectivity index (χ2v) is 6.74. The maximum absolute atomic E-state index is 11.9. The highest BCUT2D eigenvalue weighted by Gasteiger charge is 2.25. The van der Waals surface area contributed by atoms with Gasteiger partial charge < -0.3 is 30.0 Å². The van der Waals surface area contributed by atoms with E-state index in [1.54, 1.807) is 19.2 Å². The topological polar surface area (TPSA) is 91.1 Å². The number of guanidine groups is 1. The quantitative estimate of drug-likeness (QED) is 0.212. The van der Waals surface area contributed by atoms with Crippen LogP contribution in [0.2, 0.25) is 0 Å². The van der Waals surface area contributed by atoms with Gasteiger partial charge in [0.05, 0.1) is 25.6 Å². The van der Waals surface area contributed by atoms with E-state index in [0.29, 0.717) is 18.8 Å². The van der Waals surface area contributed by atoms with Crippen LogP contribution in [0, 0.1) is 0 Å². The molecule has 164 valence electrons. The van der Waals surface area contributed by atoms with Crippen LogP contribution in [0.15, 0.2) is 52.1 Å². The number of aliphatic imine (C=N–C) groups is 1. The summed E-state index contributed by atoms with van der Waals surface area (Å²) in [4.78, 5) is 18.8. The molecule has 1 aliphatic rings. The Labute approximate surface area is 194 Å². The second kappa shape index (κ2) is 12.3. The van der Waals surface area contributed by atoms with Crippen molar-refractivity contribution >= 4 is 41.5 Å². The number of hydrogen-bond acceptors (Lipinski definition) is 5. The number of amides is 1. The number of carbonyl (C=O) groups excluding carboxylic acids is 1. The van der Waals surface area contributed by atoms with Gasteiger partial charge in [-0.25, -0.2) is 0 Å². The Balaban J connectivity index is 0.00000320. The van der Waals surface area contributed by atoms with Crippen LogP contribution in [0.4, 0.5) is 5.69 Å². The molecule has 1 fully saturated rings. The maximum atomic E-state index is 11.9. The Morgan fingerprint density at radius 1 is 1.27 bits per heavy atom. The number of methoxy groups -OCH3 is 1. The van der Waals surface area contributed by atoms with Crippen molar-refractivity contribution in [2.24, 2.45) is 4.99 Å². The summed E-state index contributed by atoms with van der Waals surface area (Å²) in [7, 11) is 1.70. The fraction of sp³-hybridized carbons (Fsp3) is 0.429. The highest BCUT2D eigenvalue weighted by molar-refractivity contribution is 14.0. The van der Waals surface area contributed by atoms with Gasteiger partial charge in [0.15, 0.2) is 11.7 Å². The molecular formula is C21H30IN5O3. The average molecular weight is 527 g/mol. The number of furan rings is 1. The van der Waals surface area contributed by atoms with Gasteiger partial charge in [0, 0.05) is 32.2 Å². The number of anilines is 1. The highest BCUT2D eigenvalue weighted by atomic mass is 127. The molecule has 0 spiro atoms. The van der Waals surface area contributed by atoms with Gasteiger partial charge in [0.1, 0.15) is 5.75 Å². The average Bonchev–Trinajstić information content (AvgIpc) is 3.43. The van der Waals surface area contributed by atoms with Crippen LogP contribution < -0.4 is 25.6 Å². The third kappa shape index (κ3) is 6.54. The first kappa shape index (κ1) is 23.8. The summed E-state index contributed by atoms with van der Waals surface area (Å²) in [6.45, 7) is 5.55. The number of para-hydroxylation sites is 2. The molecule has 0 aliphatic carbocycles. The van der Waals surface area contributed by atoms with Crippen molar-refractivity contribution in [2.75, 3.05) is 44.7 Å². The molecule has 3 rings (SSSR count). The summed E-state index contributed by atoms with van der Waals surface area (Å²) in [5.74, 6) is 1.72. The number of halogens is 1. The lowest BCUT2D eigenvalue weighted by Gasteiger charge is -2.22.